The van der Waals surface area contributed by atoms with Gasteiger partial charge in [0.15, 0.2) is 0 Å². The molecule has 1 aliphatic rings. The van der Waals surface area contributed by atoms with E-state index in [2.05, 4.69) is 35.1 Å². The number of aromatic amines is 1. The number of aliphatic hydroxyl groups excluding tert-OH is 1. The van der Waals surface area contributed by atoms with Gasteiger partial charge in [0.25, 0.3) is 11.7 Å². The summed E-state index contributed by atoms with van der Waals surface area (Å²) in [5.41, 5.74) is 5.75. The molecule has 1 fully saturated rings. The summed E-state index contributed by atoms with van der Waals surface area (Å²) in [4.78, 5) is 35.4. The van der Waals surface area contributed by atoms with E-state index in [-0.39, 0.29) is 11.3 Å². The average Bonchev–Trinajstić information content (AvgIpc) is 3.40. The monoisotopic (exact) mass is 465 g/mol. The Kier molecular flexibility index (Phi) is 5.95. The number of aromatic nitrogens is 2. The van der Waals surface area contributed by atoms with Gasteiger partial charge in [0.2, 0.25) is 0 Å². The van der Waals surface area contributed by atoms with Crippen LogP contribution in [0.3, 0.4) is 0 Å². The topological polar surface area (TPSA) is 86.3 Å². The van der Waals surface area contributed by atoms with Crippen molar-refractivity contribution < 1.29 is 14.7 Å². The summed E-state index contributed by atoms with van der Waals surface area (Å²) in [6.45, 7) is 4.47. The lowest BCUT2D eigenvalue weighted by molar-refractivity contribution is -0.139. The molecule has 1 unspecified atom stereocenters. The van der Waals surface area contributed by atoms with Crippen LogP contribution in [0.4, 0.5) is 0 Å². The highest BCUT2D eigenvalue weighted by atomic mass is 16.3. The molecule has 35 heavy (non-hydrogen) atoms. The number of likely N-dealkylation sites (tertiary alicyclic amines) is 1. The molecule has 6 heteroatoms. The summed E-state index contributed by atoms with van der Waals surface area (Å²) < 4.78 is 0. The zero-order valence-corrected chi connectivity index (χ0v) is 19.8. The maximum Gasteiger partial charge on any atom is 0.295 e. The molecule has 0 aliphatic carbocycles. The molecule has 5 rings (SSSR count). The molecule has 1 atom stereocenters. The van der Waals surface area contributed by atoms with Crippen molar-refractivity contribution in [2.24, 2.45) is 0 Å². The summed E-state index contributed by atoms with van der Waals surface area (Å²) >= 11 is 0. The number of nitrogens with one attached hydrogen (secondary N) is 1. The largest absolute Gasteiger partial charge is 0.507 e. The lowest BCUT2D eigenvalue weighted by Gasteiger charge is -2.25. The van der Waals surface area contributed by atoms with Gasteiger partial charge in [0.1, 0.15) is 5.76 Å². The van der Waals surface area contributed by atoms with Gasteiger partial charge in [-0.2, -0.15) is 0 Å². The molecule has 1 saturated heterocycles. The van der Waals surface area contributed by atoms with Gasteiger partial charge in [-0.25, -0.2) is 0 Å². The molecule has 3 heterocycles. The summed E-state index contributed by atoms with van der Waals surface area (Å²) in [7, 11) is 0. The van der Waals surface area contributed by atoms with Gasteiger partial charge in [-0.3, -0.25) is 14.6 Å². The highest BCUT2D eigenvalue weighted by Crippen LogP contribution is 2.39. The Labute approximate surface area is 203 Å². The minimum absolute atomic E-state index is 0.0989. The van der Waals surface area contributed by atoms with Crippen LogP contribution in [0, 0.1) is 6.92 Å². The number of fused-ring (bicyclic) bond motifs is 1. The molecule has 6 nitrogen and oxygen atoms in total. The fourth-order valence-corrected chi connectivity index (χ4v) is 4.80. The molecule has 0 radical (unpaired) electrons. The maximum atomic E-state index is 13.2. The second-order valence-electron chi connectivity index (χ2n) is 8.94. The zero-order chi connectivity index (χ0) is 24.5. The van der Waals surface area contributed by atoms with E-state index in [1.54, 1.807) is 23.2 Å². The van der Waals surface area contributed by atoms with E-state index < -0.39 is 17.7 Å². The summed E-state index contributed by atoms with van der Waals surface area (Å²) in [6, 6.07) is 16.8. The van der Waals surface area contributed by atoms with E-state index in [0.717, 1.165) is 34.0 Å². The number of hydrogen-bond donors (Lipinski definition) is 2. The number of hydrogen-bond acceptors (Lipinski definition) is 4. The van der Waals surface area contributed by atoms with Gasteiger partial charge in [-0.1, -0.05) is 43.3 Å². The van der Waals surface area contributed by atoms with Gasteiger partial charge in [-0.05, 0) is 60.2 Å². The quantitative estimate of drug-likeness (QED) is 0.236. The average molecular weight is 466 g/mol. The van der Waals surface area contributed by atoms with E-state index in [1.807, 2.05) is 37.4 Å². The number of carbonyl (C=O) groups excluding carboxylic acids is 2. The first-order valence-electron chi connectivity index (χ1n) is 11.8. The maximum absolute atomic E-state index is 13.2. The molecule has 2 N–H and O–H groups in total. The Hall–Kier alpha value is -4.19. The van der Waals surface area contributed by atoms with Crippen molar-refractivity contribution in [2.75, 3.05) is 6.54 Å². The number of Topliss-reactive ketones (excluding diaryl/α,β-unsaturated/α-hetero) is 1. The van der Waals surface area contributed by atoms with Crippen LogP contribution >= 0.6 is 0 Å². The number of pyridine rings is 1. The molecule has 0 saturated carbocycles. The first-order valence-corrected chi connectivity index (χ1v) is 11.8. The number of aliphatic hydroxyl groups is 1. The molecule has 2 aromatic carbocycles. The molecular weight excluding hydrogens is 438 g/mol. The molecular formula is C29H27N3O3. The number of rotatable bonds is 6. The second kappa shape index (κ2) is 9.22. The highest BCUT2D eigenvalue weighted by molar-refractivity contribution is 6.46. The van der Waals surface area contributed by atoms with Crippen molar-refractivity contribution >= 4 is 28.4 Å². The van der Waals surface area contributed by atoms with Crippen molar-refractivity contribution in [1.29, 1.82) is 0 Å². The van der Waals surface area contributed by atoms with Gasteiger partial charge in [0.05, 0.1) is 11.6 Å². The first kappa shape index (κ1) is 22.6. The number of ketones is 1. The van der Waals surface area contributed by atoms with Gasteiger partial charge in [-0.15, -0.1) is 0 Å². The number of nitrogens with zero attached hydrogens (tertiary/aromatic N) is 2. The third kappa shape index (κ3) is 4.12. The number of amides is 1. The van der Waals surface area contributed by atoms with Crippen molar-refractivity contribution in [3.8, 4) is 0 Å². The van der Waals surface area contributed by atoms with Crippen LogP contribution < -0.4 is 0 Å². The third-order valence-corrected chi connectivity index (χ3v) is 6.72. The van der Waals surface area contributed by atoms with Crippen molar-refractivity contribution in [3.05, 3.63) is 107 Å². The Bertz CT molecular complexity index is 1440. The van der Waals surface area contributed by atoms with Crippen LogP contribution in [-0.2, 0) is 22.4 Å². The van der Waals surface area contributed by atoms with E-state index in [4.69, 9.17) is 0 Å². The Morgan fingerprint density at radius 3 is 2.63 bits per heavy atom. The van der Waals surface area contributed by atoms with E-state index >= 15 is 0 Å². The van der Waals surface area contributed by atoms with Crippen molar-refractivity contribution in [2.45, 2.75) is 32.7 Å². The second-order valence-corrected chi connectivity index (χ2v) is 8.94. The molecule has 0 bridgehead atoms. The molecule has 4 aromatic rings. The highest BCUT2D eigenvalue weighted by Gasteiger charge is 2.45. The minimum atomic E-state index is -0.675. The molecule has 0 spiro atoms. The normalized spacial score (nSPS) is 17.4. The van der Waals surface area contributed by atoms with Gasteiger partial charge in [0, 0.05) is 41.6 Å². The van der Waals surface area contributed by atoms with E-state index in [9.17, 15) is 14.7 Å². The van der Waals surface area contributed by atoms with Crippen LogP contribution in [-0.4, -0.2) is 38.2 Å². The lowest BCUT2D eigenvalue weighted by Crippen LogP contribution is -2.31. The standard InChI is InChI=1S/C29H27N3O3/c1-3-19-7-9-20(10-8-19)26-25(27(33)22-5-4-13-30-16-22)28(34)29(35)32(26)14-12-21-17-31-24-15-18(2)6-11-23(21)24/h4-11,13,15-17,26,31,33H,3,12,14H2,1-2H3. The molecule has 1 aliphatic heterocycles. The van der Waals surface area contributed by atoms with Crippen molar-refractivity contribution in [1.82, 2.24) is 14.9 Å². The Morgan fingerprint density at radius 2 is 1.91 bits per heavy atom. The van der Waals surface area contributed by atoms with Crippen LogP contribution in [0.5, 0.6) is 0 Å². The molecule has 176 valence electrons. The Balaban J connectivity index is 1.55. The van der Waals surface area contributed by atoms with Crippen LogP contribution in [0.1, 0.15) is 40.8 Å². The van der Waals surface area contributed by atoms with Crippen LogP contribution in [0.25, 0.3) is 16.7 Å². The van der Waals surface area contributed by atoms with Crippen LogP contribution in [0.15, 0.2) is 78.8 Å². The first-order chi connectivity index (χ1) is 17.0. The van der Waals surface area contributed by atoms with Crippen LogP contribution in [0.2, 0.25) is 0 Å². The predicted molar refractivity (Wildman–Crippen MR) is 136 cm³/mol. The van der Waals surface area contributed by atoms with Crippen molar-refractivity contribution in [3.63, 3.8) is 0 Å². The molecule has 1 amide bonds. The lowest BCUT2D eigenvalue weighted by atomic mass is 9.94. The smallest absolute Gasteiger partial charge is 0.295 e. The number of aryl methyl sites for hydroxylation is 2. The third-order valence-electron chi connectivity index (χ3n) is 6.72. The summed E-state index contributed by atoms with van der Waals surface area (Å²) in [5.74, 6) is -1.48. The SMILES string of the molecule is CCc1ccc(C2C(=C(O)c3cccnc3)C(=O)C(=O)N2CCc2c[nH]c3cc(C)ccc23)cc1. The van der Waals surface area contributed by atoms with Gasteiger partial charge >= 0.3 is 0 Å². The fraction of sp³-hybridized carbons (Fsp3) is 0.207. The summed E-state index contributed by atoms with van der Waals surface area (Å²) in [6.07, 6.45) is 6.51. The predicted octanol–water partition coefficient (Wildman–Crippen LogP) is 5.10. The van der Waals surface area contributed by atoms with E-state index in [1.165, 1.54) is 11.8 Å². The Morgan fingerprint density at radius 1 is 1.11 bits per heavy atom. The number of carbonyl (C=O) groups is 2. The molecule has 2 aromatic heterocycles. The number of benzene rings is 2. The fourth-order valence-electron chi connectivity index (χ4n) is 4.80. The van der Waals surface area contributed by atoms with E-state index in [0.29, 0.717) is 18.5 Å². The zero-order valence-electron chi connectivity index (χ0n) is 19.8. The number of H-pyrrole nitrogens is 1. The minimum Gasteiger partial charge on any atom is -0.507 e. The summed E-state index contributed by atoms with van der Waals surface area (Å²) in [5, 5.41) is 12.2. The van der Waals surface area contributed by atoms with Gasteiger partial charge < -0.3 is 15.0 Å².